The van der Waals surface area contributed by atoms with E-state index in [1.807, 2.05) is 0 Å². The molecule has 0 amide bonds. The molecule has 1 aliphatic rings. The van der Waals surface area contributed by atoms with Crippen molar-refractivity contribution in [1.29, 1.82) is 0 Å². The van der Waals surface area contributed by atoms with E-state index in [4.69, 9.17) is 10.5 Å². The summed E-state index contributed by atoms with van der Waals surface area (Å²) in [6.07, 6.45) is 4.99. The van der Waals surface area contributed by atoms with Crippen molar-refractivity contribution in [2.75, 3.05) is 33.4 Å². The fraction of sp³-hybridized carbons (Fsp3) is 1.00. The molecule has 3 nitrogen and oxygen atoms in total. The molecule has 2 unspecified atom stereocenters. The number of likely N-dealkylation sites (N-methyl/N-ethyl adjacent to an activating group) is 1. The molecule has 0 aromatic heterocycles. The van der Waals surface area contributed by atoms with Crippen LogP contribution in [0.1, 0.15) is 32.6 Å². The molecule has 1 rings (SSSR count). The Labute approximate surface area is 94.0 Å². The molecule has 0 aromatic carbocycles. The summed E-state index contributed by atoms with van der Waals surface area (Å²) >= 11 is 0. The second-order valence-electron chi connectivity index (χ2n) is 4.61. The summed E-state index contributed by atoms with van der Waals surface area (Å²) in [4.78, 5) is 2.42. The lowest BCUT2D eigenvalue weighted by Crippen LogP contribution is -2.46. The van der Waals surface area contributed by atoms with Gasteiger partial charge in [-0.3, -0.25) is 0 Å². The first-order valence-corrected chi connectivity index (χ1v) is 6.27. The minimum atomic E-state index is 0.511. The number of ether oxygens (including phenoxy) is 1. The average molecular weight is 214 g/mol. The minimum absolute atomic E-state index is 0.511. The zero-order valence-corrected chi connectivity index (χ0v) is 10.2. The van der Waals surface area contributed by atoms with Crippen LogP contribution in [0.3, 0.4) is 0 Å². The molecule has 90 valence electrons. The maximum absolute atomic E-state index is 5.88. The number of nitrogens with zero attached hydrogens (tertiary/aromatic N) is 1. The molecule has 0 saturated carbocycles. The molecule has 15 heavy (non-hydrogen) atoms. The molecule has 1 aliphatic heterocycles. The number of hydrogen-bond acceptors (Lipinski definition) is 3. The Hall–Kier alpha value is -0.120. The second-order valence-corrected chi connectivity index (χ2v) is 4.61. The van der Waals surface area contributed by atoms with Gasteiger partial charge in [-0.1, -0.05) is 13.3 Å². The van der Waals surface area contributed by atoms with Crippen LogP contribution in [0.2, 0.25) is 0 Å². The molecule has 0 spiro atoms. The lowest BCUT2D eigenvalue weighted by molar-refractivity contribution is 0.0171. The molecule has 0 radical (unpaired) electrons. The molecule has 1 heterocycles. The van der Waals surface area contributed by atoms with Gasteiger partial charge in [0.05, 0.1) is 6.61 Å². The number of nitrogens with two attached hydrogens (primary N) is 1. The first kappa shape index (κ1) is 12.9. The fourth-order valence-electron chi connectivity index (χ4n) is 2.37. The largest absolute Gasteiger partial charge is 0.381 e. The van der Waals surface area contributed by atoms with Gasteiger partial charge < -0.3 is 15.4 Å². The summed E-state index contributed by atoms with van der Waals surface area (Å²) in [5.41, 5.74) is 5.88. The van der Waals surface area contributed by atoms with E-state index in [0.29, 0.717) is 12.0 Å². The van der Waals surface area contributed by atoms with Gasteiger partial charge >= 0.3 is 0 Å². The Bertz CT molecular complexity index is 158. The van der Waals surface area contributed by atoms with Crippen molar-refractivity contribution in [3.8, 4) is 0 Å². The molecule has 0 aliphatic carbocycles. The fourth-order valence-corrected chi connectivity index (χ4v) is 2.37. The zero-order chi connectivity index (χ0) is 11.1. The van der Waals surface area contributed by atoms with E-state index in [1.165, 1.54) is 25.7 Å². The SMILES string of the molecule is CCCCN(C)C(CN)C1CCCOC1. The van der Waals surface area contributed by atoms with E-state index in [9.17, 15) is 0 Å². The summed E-state index contributed by atoms with van der Waals surface area (Å²) in [5, 5.41) is 0. The third-order valence-electron chi connectivity index (χ3n) is 3.41. The summed E-state index contributed by atoms with van der Waals surface area (Å²) < 4.78 is 5.54. The summed E-state index contributed by atoms with van der Waals surface area (Å²) in [6, 6.07) is 0.511. The van der Waals surface area contributed by atoms with Crippen LogP contribution >= 0.6 is 0 Å². The van der Waals surface area contributed by atoms with Crippen LogP contribution in [0.25, 0.3) is 0 Å². The van der Waals surface area contributed by atoms with E-state index in [-0.39, 0.29) is 0 Å². The standard InChI is InChI=1S/C12H26N2O/c1-3-4-7-14(2)12(9-13)11-6-5-8-15-10-11/h11-12H,3-10,13H2,1-2H3. The van der Waals surface area contributed by atoms with Crippen molar-refractivity contribution < 1.29 is 4.74 Å². The maximum Gasteiger partial charge on any atom is 0.0509 e. The van der Waals surface area contributed by atoms with Crippen molar-refractivity contribution in [3.63, 3.8) is 0 Å². The maximum atomic E-state index is 5.88. The van der Waals surface area contributed by atoms with Crippen LogP contribution in [-0.2, 0) is 4.74 Å². The Kier molecular flexibility index (Phi) is 6.22. The Morgan fingerprint density at radius 2 is 2.33 bits per heavy atom. The van der Waals surface area contributed by atoms with Gasteiger partial charge in [0.15, 0.2) is 0 Å². The third kappa shape index (κ3) is 4.09. The van der Waals surface area contributed by atoms with Crippen LogP contribution in [0.15, 0.2) is 0 Å². The highest BCUT2D eigenvalue weighted by atomic mass is 16.5. The number of unbranched alkanes of at least 4 members (excludes halogenated alkanes) is 1. The first-order valence-electron chi connectivity index (χ1n) is 6.27. The Morgan fingerprint density at radius 3 is 2.87 bits per heavy atom. The highest BCUT2D eigenvalue weighted by molar-refractivity contribution is 4.80. The summed E-state index contributed by atoms with van der Waals surface area (Å²) in [7, 11) is 2.20. The second kappa shape index (κ2) is 7.20. The average Bonchev–Trinajstić information content (AvgIpc) is 2.29. The molecule has 2 N–H and O–H groups in total. The summed E-state index contributed by atoms with van der Waals surface area (Å²) in [5.74, 6) is 0.644. The number of hydrogen-bond donors (Lipinski definition) is 1. The third-order valence-corrected chi connectivity index (χ3v) is 3.41. The molecule has 2 atom stereocenters. The lowest BCUT2D eigenvalue weighted by Gasteiger charge is -2.35. The lowest BCUT2D eigenvalue weighted by atomic mass is 9.92. The van der Waals surface area contributed by atoms with Gasteiger partial charge in [-0.25, -0.2) is 0 Å². The van der Waals surface area contributed by atoms with E-state index < -0.39 is 0 Å². The van der Waals surface area contributed by atoms with Gasteiger partial charge in [0.25, 0.3) is 0 Å². The van der Waals surface area contributed by atoms with E-state index in [1.54, 1.807) is 0 Å². The highest BCUT2D eigenvalue weighted by Crippen LogP contribution is 2.20. The van der Waals surface area contributed by atoms with Crippen LogP contribution in [-0.4, -0.2) is 44.3 Å². The molecule has 3 heteroatoms. The Morgan fingerprint density at radius 1 is 1.53 bits per heavy atom. The van der Waals surface area contributed by atoms with Crippen LogP contribution in [0.4, 0.5) is 0 Å². The van der Waals surface area contributed by atoms with Gasteiger partial charge in [0.2, 0.25) is 0 Å². The van der Waals surface area contributed by atoms with Gasteiger partial charge in [-0.05, 0) is 38.8 Å². The monoisotopic (exact) mass is 214 g/mol. The Balaban J connectivity index is 2.37. The van der Waals surface area contributed by atoms with Crippen molar-refractivity contribution in [2.24, 2.45) is 11.7 Å². The molecule has 1 fully saturated rings. The van der Waals surface area contributed by atoms with Gasteiger partial charge in [-0.2, -0.15) is 0 Å². The normalized spacial score (nSPS) is 24.4. The van der Waals surface area contributed by atoms with Crippen molar-refractivity contribution in [3.05, 3.63) is 0 Å². The molecular weight excluding hydrogens is 188 g/mol. The van der Waals surface area contributed by atoms with Crippen molar-refractivity contribution >= 4 is 0 Å². The highest BCUT2D eigenvalue weighted by Gasteiger charge is 2.25. The van der Waals surface area contributed by atoms with Gasteiger partial charge in [0, 0.05) is 19.2 Å². The van der Waals surface area contributed by atoms with Crippen molar-refractivity contribution in [1.82, 2.24) is 4.90 Å². The molecule has 0 bridgehead atoms. The quantitative estimate of drug-likeness (QED) is 0.728. The van der Waals surface area contributed by atoms with Crippen LogP contribution in [0.5, 0.6) is 0 Å². The number of rotatable bonds is 6. The van der Waals surface area contributed by atoms with E-state index >= 15 is 0 Å². The van der Waals surface area contributed by atoms with Crippen LogP contribution in [0, 0.1) is 5.92 Å². The van der Waals surface area contributed by atoms with Crippen LogP contribution < -0.4 is 5.73 Å². The van der Waals surface area contributed by atoms with Crippen molar-refractivity contribution in [2.45, 2.75) is 38.6 Å². The predicted octanol–water partition coefficient (Wildman–Crippen LogP) is 1.47. The molecular formula is C12H26N2O. The smallest absolute Gasteiger partial charge is 0.0509 e. The predicted molar refractivity (Wildman–Crippen MR) is 63.9 cm³/mol. The topological polar surface area (TPSA) is 38.5 Å². The van der Waals surface area contributed by atoms with Gasteiger partial charge in [-0.15, -0.1) is 0 Å². The minimum Gasteiger partial charge on any atom is -0.381 e. The molecule has 0 aromatic rings. The zero-order valence-electron chi connectivity index (χ0n) is 10.2. The first-order chi connectivity index (χ1) is 7.29. The summed E-state index contributed by atoms with van der Waals surface area (Å²) in [6.45, 7) is 5.99. The van der Waals surface area contributed by atoms with E-state index in [2.05, 4.69) is 18.9 Å². The molecule has 1 saturated heterocycles. The van der Waals surface area contributed by atoms with E-state index in [0.717, 1.165) is 26.3 Å². The van der Waals surface area contributed by atoms with Gasteiger partial charge in [0.1, 0.15) is 0 Å².